The molecule has 1 aliphatic heterocycles. The zero-order chi connectivity index (χ0) is 16.5. The van der Waals surface area contributed by atoms with Crippen molar-refractivity contribution in [3.63, 3.8) is 0 Å². The number of benzene rings is 1. The first-order valence-corrected chi connectivity index (χ1v) is 7.37. The van der Waals surface area contributed by atoms with Crippen LogP contribution in [-0.2, 0) is 0 Å². The quantitative estimate of drug-likeness (QED) is 0.422. The molecule has 1 heterocycles. The van der Waals surface area contributed by atoms with E-state index in [1.54, 1.807) is 0 Å². The molecule has 1 fully saturated rings. The Morgan fingerprint density at radius 1 is 1.21 bits per heavy atom. The number of nitro groups is 1. The smallest absolute Gasteiger partial charge is 0.314 e. The Labute approximate surface area is 154 Å². The summed E-state index contributed by atoms with van der Waals surface area (Å²) in [4.78, 5) is 12.7. The zero-order valence-corrected chi connectivity index (χ0v) is 15.6. The van der Waals surface area contributed by atoms with Crippen molar-refractivity contribution in [2.75, 3.05) is 26.2 Å². The maximum absolute atomic E-state index is 11.1. The Kier molecular flexibility index (Phi) is 8.25. The average molecular weight is 382 g/mol. The molecule has 0 saturated carbocycles. The fourth-order valence-electron chi connectivity index (χ4n) is 3.12. The van der Waals surface area contributed by atoms with Gasteiger partial charge >= 0.3 is 5.69 Å². The van der Waals surface area contributed by atoms with E-state index >= 15 is 0 Å². The Bertz CT molecular complexity index is 573. The lowest BCUT2D eigenvalue weighted by Crippen LogP contribution is -2.48. The molecule has 0 spiro atoms. The predicted octanol–water partition coefficient (Wildman–Crippen LogP) is 2.84. The van der Waals surface area contributed by atoms with Crippen LogP contribution in [0.3, 0.4) is 0 Å². The highest BCUT2D eigenvalue weighted by Crippen LogP contribution is 2.44. The first-order chi connectivity index (χ1) is 10.2. The maximum Gasteiger partial charge on any atom is 0.314 e. The zero-order valence-electron chi connectivity index (χ0n) is 14.0. The molecule has 1 aromatic carbocycles. The topological polar surface area (TPSA) is 98.9 Å². The van der Waals surface area contributed by atoms with Gasteiger partial charge in [-0.15, -0.1) is 24.8 Å². The molecule has 0 aromatic heterocycles. The van der Waals surface area contributed by atoms with E-state index in [4.69, 9.17) is 0 Å². The van der Waals surface area contributed by atoms with Gasteiger partial charge in [-0.3, -0.25) is 15.0 Å². The van der Waals surface area contributed by atoms with Gasteiger partial charge in [0.15, 0.2) is 5.75 Å². The number of rotatable bonds is 3. The minimum Gasteiger partial charge on any atom is -0.504 e. The third-order valence-corrected chi connectivity index (χ3v) is 3.94. The van der Waals surface area contributed by atoms with Gasteiger partial charge in [0.2, 0.25) is 5.75 Å². The summed E-state index contributed by atoms with van der Waals surface area (Å²) in [5.41, 5.74) is 0.0185. The van der Waals surface area contributed by atoms with Gasteiger partial charge in [0, 0.05) is 38.3 Å². The van der Waals surface area contributed by atoms with Crippen LogP contribution in [0, 0.1) is 15.5 Å². The minimum atomic E-state index is -0.679. The molecule has 1 aromatic rings. The first-order valence-electron chi connectivity index (χ1n) is 7.37. The minimum absolute atomic E-state index is 0. The summed E-state index contributed by atoms with van der Waals surface area (Å²) >= 11 is 0. The highest BCUT2D eigenvalue weighted by Gasteiger charge is 2.34. The van der Waals surface area contributed by atoms with Gasteiger partial charge in [0.1, 0.15) is 0 Å². The summed E-state index contributed by atoms with van der Waals surface area (Å²) in [6, 6.07) is 2.72. The summed E-state index contributed by atoms with van der Waals surface area (Å²) < 4.78 is 0. The van der Waals surface area contributed by atoms with Crippen molar-refractivity contribution in [1.29, 1.82) is 0 Å². The lowest BCUT2D eigenvalue weighted by Gasteiger charge is -2.42. The number of piperazine rings is 1. The van der Waals surface area contributed by atoms with Crippen LogP contribution >= 0.6 is 24.8 Å². The molecule has 0 amide bonds. The summed E-state index contributed by atoms with van der Waals surface area (Å²) in [6.07, 6.45) is 0. The number of nitrogens with zero attached hydrogens (tertiary/aromatic N) is 2. The van der Waals surface area contributed by atoms with Crippen LogP contribution in [-0.4, -0.2) is 46.2 Å². The van der Waals surface area contributed by atoms with E-state index in [2.05, 4.69) is 31.0 Å². The number of nitro benzene ring substituents is 1. The largest absolute Gasteiger partial charge is 0.504 e. The Morgan fingerprint density at radius 3 is 2.21 bits per heavy atom. The highest BCUT2D eigenvalue weighted by atomic mass is 35.5. The van der Waals surface area contributed by atoms with Crippen LogP contribution in [0.15, 0.2) is 12.1 Å². The van der Waals surface area contributed by atoms with Crippen LogP contribution in [0.1, 0.15) is 32.4 Å². The monoisotopic (exact) mass is 381 g/mol. The van der Waals surface area contributed by atoms with E-state index in [9.17, 15) is 20.3 Å². The lowest BCUT2D eigenvalue weighted by atomic mass is 9.80. The van der Waals surface area contributed by atoms with Crippen molar-refractivity contribution in [3.05, 3.63) is 27.8 Å². The fraction of sp³-hybridized carbons (Fsp3) is 0.600. The third-order valence-electron chi connectivity index (χ3n) is 3.94. The molecule has 9 heteroatoms. The van der Waals surface area contributed by atoms with Gasteiger partial charge < -0.3 is 15.5 Å². The van der Waals surface area contributed by atoms with Crippen LogP contribution in [0.2, 0.25) is 0 Å². The molecule has 24 heavy (non-hydrogen) atoms. The molecule has 3 N–H and O–H groups in total. The fourth-order valence-corrected chi connectivity index (χ4v) is 3.12. The van der Waals surface area contributed by atoms with E-state index in [0.717, 1.165) is 26.2 Å². The Morgan fingerprint density at radius 2 is 1.75 bits per heavy atom. The molecule has 1 aliphatic rings. The van der Waals surface area contributed by atoms with Crippen molar-refractivity contribution < 1.29 is 15.1 Å². The second-order valence-corrected chi connectivity index (χ2v) is 6.72. The van der Waals surface area contributed by atoms with Gasteiger partial charge in [-0.1, -0.05) is 20.8 Å². The van der Waals surface area contributed by atoms with Gasteiger partial charge in [-0.2, -0.15) is 0 Å². The SMILES string of the molecule is CC(C)(C)[C@H](c1cc(O)c(O)c([N+](=O)[O-])c1)N1CCNCC1.Cl.Cl. The molecule has 2 rings (SSSR count). The second-order valence-electron chi connectivity index (χ2n) is 6.72. The molecule has 1 atom stereocenters. The third kappa shape index (κ3) is 4.86. The van der Waals surface area contributed by atoms with E-state index < -0.39 is 22.1 Å². The molecule has 7 nitrogen and oxygen atoms in total. The number of aromatic hydroxyl groups is 2. The number of phenols is 2. The highest BCUT2D eigenvalue weighted by molar-refractivity contribution is 5.85. The normalized spacial score (nSPS) is 16.6. The number of hydrogen-bond donors (Lipinski definition) is 3. The molecule has 0 bridgehead atoms. The van der Waals surface area contributed by atoms with Crippen LogP contribution in [0.5, 0.6) is 11.5 Å². The number of nitrogens with one attached hydrogen (secondary N) is 1. The maximum atomic E-state index is 11.1. The molecular formula is C15H25Cl2N3O4. The summed E-state index contributed by atoms with van der Waals surface area (Å²) in [7, 11) is 0. The second kappa shape index (κ2) is 8.71. The molecule has 138 valence electrons. The average Bonchev–Trinajstić information content (AvgIpc) is 2.42. The van der Waals surface area contributed by atoms with E-state index in [1.807, 2.05) is 0 Å². The van der Waals surface area contributed by atoms with E-state index in [0.29, 0.717) is 5.56 Å². The van der Waals surface area contributed by atoms with Crippen LogP contribution in [0.25, 0.3) is 0 Å². The molecule has 0 aliphatic carbocycles. The van der Waals surface area contributed by atoms with Gasteiger partial charge in [-0.05, 0) is 17.0 Å². The van der Waals surface area contributed by atoms with Crippen LogP contribution < -0.4 is 5.32 Å². The summed E-state index contributed by atoms with van der Waals surface area (Å²) in [5.74, 6) is -1.13. The summed E-state index contributed by atoms with van der Waals surface area (Å²) in [5, 5.41) is 33.9. The summed E-state index contributed by atoms with van der Waals surface area (Å²) in [6.45, 7) is 9.58. The number of phenolic OH excluding ortho intramolecular Hbond substituents is 2. The molecular weight excluding hydrogens is 357 g/mol. The first kappa shape index (κ1) is 22.7. The van der Waals surface area contributed by atoms with Gasteiger partial charge in [-0.25, -0.2) is 0 Å². The van der Waals surface area contributed by atoms with Crippen molar-refractivity contribution in [2.45, 2.75) is 26.8 Å². The van der Waals surface area contributed by atoms with E-state index in [-0.39, 0.29) is 36.3 Å². The van der Waals surface area contributed by atoms with Crippen molar-refractivity contribution in [3.8, 4) is 11.5 Å². The number of halogens is 2. The van der Waals surface area contributed by atoms with Crippen molar-refractivity contribution in [1.82, 2.24) is 10.2 Å². The van der Waals surface area contributed by atoms with Gasteiger partial charge in [0.25, 0.3) is 0 Å². The van der Waals surface area contributed by atoms with E-state index in [1.165, 1.54) is 12.1 Å². The van der Waals surface area contributed by atoms with Crippen LogP contribution in [0.4, 0.5) is 5.69 Å². The standard InChI is InChI=1S/C15H23N3O4.2ClH/c1-15(2,3)14(17-6-4-16-5-7-17)10-8-11(18(21)22)13(20)12(19)9-10;;/h8-9,14,16,19-20H,4-7H2,1-3H3;2*1H/t14-;;/m0../s1. The molecule has 1 saturated heterocycles. The van der Waals surface area contributed by atoms with Crippen molar-refractivity contribution in [2.24, 2.45) is 5.41 Å². The number of hydrogen-bond acceptors (Lipinski definition) is 6. The Balaban J connectivity index is 0.00000264. The lowest BCUT2D eigenvalue weighted by molar-refractivity contribution is -0.386. The van der Waals surface area contributed by atoms with Gasteiger partial charge in [0.05, 0.1) is 4.92 Å². The Hall–Kier alpha value is -1.28. The molecule has 0 unspecified atom stereocenters. The van der Waals surface area contributed by atoms with Crippen molar-refractivity contribution >= 4 is 30.5 Å². The predicted molar refractivity (Wildman–Crippen MR) is 97.6 cm³/mol. The molecule has 0 radical (unpaired) electrons.